The predicted molar refractivity (Wildman–Crippen MR) is 51.1 cm³/mol. The fourth-order valence-corrected chi connectivity index (χ4v) is 1.35. The number of methoxy groups -OCH3 is 2. The maximum absolute atomic E-state index is 5.25. The molecule has 0 bridgehead atoms. The van der Waals surface area contributed by atoms with E-state index in [0.29, 0.717) is 11.6 Å². The maximum Gasteiger partial charge on any atom is 0.264 e. The number of para-hydroxylation sites is 1. The molecule has 0 unspecified atom stereocenters. The van der Waals surface area contributed by atoms with Crippen LogP contribution in [0.5, 0.6) is 5.75 Å². The van der Waals surface area contributed by atoms with E-state index in [4.69, 9.17) is 14.3 Å². The van der Waals surface area contributed by atoms with Gasteiger partial charge in [0.1, 0.15) is 0 Å². The molecule has 1 aliphatic heterocycles. The Bertz CT molecular complexity index is 373. The summed E-state index contributed by atoms with van der Waals surface area (Å²) < 4.78 is 10.3. The average Bonchev–Trinajstić information content (AvgIpc) is 2.27. The van der Waals surface area contributed by atoms with Crippen LogP contribution in [0.4, 0.5) is 0 Å². The molecule has 0 amide bonds. The minimum atomic E-state index is 0.478. The summed E-state index contributed by atoms with van der Waals surface area (Å²) in [7, 11) is 3.15. The van der Waals surface area contributed by atoms with E-state index in [1.54, 1.807) is 14.2 Å². The fourth-order valence-electron chi connectivity index (χ4n) is 1.35. The first-order valence-electron chi connectivity index (χ1n) is 4.21. The van der Waals surface area contributed by atoms with Crippen LogP contribution in [0.25, 0.3) is 5.76 Å². The lowest BCUT2D eigenvalue weighted by Crippen LogP contribution is -2.25. The summed E-state index contributed by atoms with van der Waals surface area (Å²) in [5.74, 6) is 1.85. The van der Waals surface area contributed by atoms with Crippen molar-refractivity contribution in [2.24, 2.45) is 0 Å². The van der Waals surface area contributed by atoms with Gasteiger partial charge in [-0.3, -0.25) is 0 Å². The lowest BCUT2D eigenvalue weighted by molar-refractivity contribution is 0.119. The van der Waals surface area contributed by atoms with Crippen molar-refractivity contribution >= 4 is 5.76 Å². The second-order valence-corrected chi connectivity index (χ2v) is 2.77. The van der Waals surface area contributed by atoms with Gasteiger partial charge in [-0.1, -0.05) is 12.1 Å². The summed E-state index contributed by atoms with van der Waals surface area (Å²) in [6.45, 7) is 0. The van der Waals surface area contributed by atoms with Gasteiger partial charge in [-0.15, -0.1) is 0 Å². The third kappa shape index (κ3) is 1.25. The first-order chi connectivity index (χ1) is 6.86. The van der Waals surface area contributed by atoms with Gasteiger partial charge in [0, 0.05) is 0 Å². The highest BCUT2D eigenvalue weighted by molar-refractivity contribution is 5.68. The number of hydroxylamine groups is 1. The average molecular weight is 193 g/mol. The fraction of sp³-hybridized carbons (Fsp3) is 0.200. The van der Waals surface area contributed by atoms with E-state index in [0.717, 1.165) is 11.3 Å². The van der Waals surface area contributed by atoms with Gasteiger partial charge < -0.3 is 14.3 Å². The third-order valence-corrected chi connectivity index (χ3v) is 2.00. The van der Waals surface area contributed by atoms with Crippen molar-refractivity contribution in [2.45, 2.75) is 0 Å². The molecule has 1 N–H and O–H groups in total. The second-order valence-electron chi connectivity index (χ2n) is 2.77. The van der Waals surface area contributed by atoms with E-state index in [9.17, 15) is 0 Å². The molecule has 2 rings (SSSR count). The summed E-state index contributed by atoms with van der Waals surface area (Å²) in [5, 5.41) is 0. The molecule has 0 fully saturated rings. The van der Waals surface area contributed by atoms with Crippen molar-refractivity contribution in [1.29, 1.82) is 0 Å². The molecule has 0 aliphatic carbocycles. The van der Waals surface area contributed by atoms with E-state index < -0.39 is 0 Å². The number of benzene rings is 1. The summed E-state index contributed by atoms with van der Waals surface area (Å²) in [6, 6.07) is 7.58. The van der Waals surface area contributed by atoms with Crippen molar-refractivity contribution in [3.8, 4) is 5.75 Å². The third-order valence-electron chi connectivity index (χ3n) is 2.00. The molecule has 0 saturated heterocycles. The molecule has 0 aromatic heterocycles. The molecule has 14 heavy (non-hydrogen) atoms. The Labute approximate surface area is 82.0 Å². The van der Waals surface area contributed by atoms with Gasteiger partial charge in [-0.05, 0) is 12.1 Å². The lowest BCUT2D eigenvalue weighted by atomic mass is 10.1. The normalized spacial score (nSPS) is 13.9. The number of rotatable bonds is 2. The van der Waals surface area contributed by atoms with Gasteiger partial charge in [0.25, 0.3) is 5.88 Å². The van der Waals surface area contributed by atoms with Crippen LogP contribution in [0.3, 0.4) is 0 Å². The zero-order valence-corrected chi connectivity index (χ0v) is 8.03. The van der Waals surface area contributed by atoms with E-state index in [1.165, 1.54) is 0 Å². The Hall–Kier alpha value is -1.84. The van der Waals surface area contributed by atoms with Gasteiger partial charge in [0.05, 0.1) is 19.8 Å². The monoisotopic (exact) mass is 193 g/mol. The highest BCUT2D eigenvalue weighted by Gasteiger charge is 2.21. The van der Waals surface area contributed by atoms with Crippen molar-refractivity contribution in [2.75, 3.05) is 14.2 Å². The van der Waals surface area contributed by atoms with E-state index in [2.05, 4.69) is 5.48 Å². The number of fused-ring (bicyclic) bond motifs is 1. The van der Waals surface area contributed by atoms with Crippen LogP contribution < -0.4 is 10.3 Å². The van der Waals surface area contributed by atoms with Crippen LogP contribution in [0.1, 0.15) is 5.56 Å². The van der Waals surface area contributed by atoms with Gasteiger partial charge in [-0.25, -0.2) is 0 Å². The highest BCUT2D eigenvalue weighted by atomic mass is 16.7. The van der Waals surface area contributed by atoms with Crippen molar-refractivity contribution in [3.05, 3.63) is 35.7 Å². The molecule has 1 heterocycles. The number of hydrogen-bond acceptors (Lipinski definition) is 4. The maximum atomic E-state index is 5.25. The standard InChI is InChI=1S/C10H11NO3/c1-12-9-7-5-3-4-6-8(7)14-11-10(9)13-2/h3-6,11H,1-2H3. The molecule has 0 saturated carbocycles. The highest BCUT2D eigenvalue weighted by Crippen LogP contribution is 2.31. The molecule has 4 nitrogen and oxygen atoms in total. The Morgan fingerprint density at radius 2 is 1.93 bits per heavy atom. The lowest BCUT2D eigenvalue weighted by Gasteiger charge is -2.21. The number of ether oxygens (including phenoxy) is 2. The van der Waals surface area contributed by atoms with Gasteiger partial charge in [-0.2, -0.15) is 5.48 Å². The zero-order valence-electron chi connectivity index (χ0n) is 8.03. The summed E-state index contributed by atoms with van der Waals surface area (Å²) in [5.41, 5.74) is 3.54. The first-order valence-corrected chi connectivity index (χ1v) is 4.21. The van der Waals surface area contributed by atoms with Crippen LogP contribution in [0.2, 0.25) is 0 Å². The molecule has 4 heteroatoms. The number of hydrogen-bond donors (Lipinski definition) is 1. The van der Waals surface area contributed by atoms with Crippen LogP contribution in [-0.2, 0) is 9.47 Å². The molecule has 0 radical (unpaired) electrons. The van der Waals surface area contributed by atoms with Crippen LogP contribution in [0.15, 0.2) is 30.1 Å². The van der Waals surface area contributed by atoms with Gasteiger partial charge in [0.2, 0.25) is 0 Å². The Morgan fingerprint density at radius 3 is 2.64 bits per heavy atom. The summed E-state index contributed by atoms with van der Waals surface area (Å²) in [6.07, 6.45) is 0. The molecular weight excluding hydrogens is 182 g/mol. The molecule has 1 aromatic carbocycles. The van der Waals surface area contributed by atoms with Gasteiger partial charge in [0.15, 0.2) is 11.5 Å². The number of nitrogens with one attached hydrogen (secondary N) is 1. The van der Waals surface area contributed by atoms with E-state index in [1.807, 2.05) is 24.3 Å². The molecule has 0 spiro atoms. The molecule has 1 aliphatic rings. The Balaban J connectivity index is 2.52. The van der Waals surface area contributed by atoms with Gasteiger partial charge >= 0.3 is 0 Å². The van der Waals surface area contributed by atoms with Crippen LogP contribution >= 0.6 is 0 Å². The summed E-state index contributed by atoms with van der Waals surface area (Å²) >= 11 is 0. The zero-order chi connectivity index (χ0) is 9.97. The largest absolute Gasteiger partial charge is 0.491 e. The smallest absolute Gasteiger partial charge is 0.264 e. The second kappa shape index (κ2) is 3.49. The van der Waals surface area contributed by atoms with Crippen molar-refractivity contribution in [1.82, 2.24) is 5.48 Å². The predicted octanol–water partition coefficient (Wildman–Crippen LogP) is 1.50. The van der Waals surface area contributed by atoms with Crippen molar-refractivity contribution < 1.29 is 14.3 Å². The summed E-state index contributed by atoms with van der Waals surface area (Å²) in [4.78, 5) is 5.25. The van der Waals surface area contributed by atoms with E-state index >= 15 is 0 Å². The van der Waals surface area contributed by atoms with Crippen molar-refractivity contribution in [3.63, 3.8) is 0 Å². The molecule has 1 aromatic rings. The molecular formula is C10H11NO3. The minimum absolute atomic E-state index is 0.478. The molecule has 0 atom stereocenters. The van der Waals surface area contributed by atoms with E-state index in [-0.39, 0.29) is 0 Å². The quantitative estimate of drug-likeness (QED) is 0.772. The first kappa shape index (κ1) is 8.74. The Kier molecular flexibility index (Phi) is 2.18. The topological polar surface area (TPSA) is 39.7 Å². The van der Waals surface area contributed by atoms with Crippen LogP contribution in [-0.4, -0.2) is 14.2 Å². The SMILES string of the molecule is COC1=C(OC)c2ccccc2ON1. The minimum Gasteiger partial charge on any atom is -0.491 e. The van der Waals surface area contributed by atoms with Crippen LogP contribution in [0, 0.1) is 0 Å². The Morgan fingerprint density at radius 1 is 1.14 bits per heavy atom. The molecule has 74 valence electrons.